The molecule has 0 atom stereocenters. The van der Waals surface area contributed by atoms with Crippen molar-refractivity contribution < 1.29 is 13.2 Å². The Balaban J connectivity index is 2.48. The van der Waals surface area contributed by atoms with E-state index >= 15 is 0 Å². The highest BCUT2D eigenvalue weighted by atomic mass is 32.2. The zero-order valence-electron chi connectivity index (χ0n) is 10.8. The van der Waals surface area contributed by atoms with Crippen molar-refractivity contribution in [2.24, 2.45) is 0 Å². The number of hydrogen-bond donors (Lipinski definition) is 2. The maximum Gasteiger partial charge on any atom is 0.177 e. The summed E-state index contributed by atoms with van der Waals surface area (Å²) in [7, 11) is -1.53. The van der Waals surface area contributed by atoms with Gasteiger partial charge < -0.3 is 15.4 Å². The van der Waals surface area contributed by atoms with E-state index < -0.39 is 9.84 Å². The lowest BCUT2D eigenvalue weighted by Crippen LogP contribution is -2.25. The van der Waals surface area contributed by atoms with E-state index in [9.17, 15) is 8.42 Å². The Morgan fingerprint density at radius 3 is 2.56 bits per heavy atom. The van der Waals surface area contributed by atoms with Gasteiger partial charge in [0.25, 0.3) is 0 Å². The van der Waals surface area contributed by atoms with E-state index in [2.05, 4.69) is 10.6 Å². The van der Waals surface area contributed by atoms with Crippen LogP contribution in [0, 0.1) is 0 Å². The number of sulfone groups is 1. The number of anilines is 1. The third kappa shape index (κ3) is 5.03. The lowest BCUT2D eigenvalue weighted by Gasteiger charge is -2.11. The summed E-state index contributed by atoms with van der Waals surface area (Å²) in [6.45, 7) is 2.86. The van der Waals surface area contributed by atoms with Gasteiger partial charge in [-0.05, 0) is 12.1 Å². The molecule has 0 radical (unpaired) electrons. The van der Waals surface area contributed by atoms with Gasteiger partial charge in [0.05, 0.1) is 17.2 Å². The van der Waals surface area contributed by atoms with Crippen LogP contribution in [0.2, 0.25) is 0 Å². The average Bonchev–Trinajstić information content (AvgIpc) is 2.33. The van der Waals surface area contributed by atoms with Crippen LogP contribution in [0.3, 0.4) is 0 Å². The van der Waals surface area contributed by atoms with Crippen molar-refractivity contribution in [1.29, 1.82) is 0 Å². The van der Waals surface area contributed by atoms with Crippen molar-refractivity contribution in [1.82, 2.24) is 5.32 Å². The first kappa shape index (κ1) is 14.9. The molecule has 2 N–H and O–H groups in total. The molecular weight excluding hydrogens is 252 g/mol. The predicted molar refractivity (Wildman–Crippen MR) is 72.8 cm³/mol. The minimum atomic E-state index is -3.19. The number of methoxy groups -OCH3 is 1. The smallest absolute Gasteiger partial charge is 0.177 e. The molecule has 0 aromatic heterocycles. The van der Waals surface area contributed by atoms with E-state index in [0.717, 1.165) is 13.1 Å². The molecule has 1 rings (SSSR count). The summed E-state index contributed by atoms with van der Waals surface area (Å²) in [5.41, 5.74) is 0.647. The summed E-state index contributed by atoms with van der Waals surface area (Å²) in [6, 6.07) is 6.91. The molecule has 1 aromatic rings. The van der Waals surface area contributed by atoms with Crippen LogP contribution in [0.25, 0.3) is 0 Å². The van der Waals surface area contributed by atoms with Crippen molar-refractivity contribution in [2.45, 2.75) is 4.90 Å². The van der Waals surface area contributed by atoms with E-state index in [0.29, 0.717) is 23.7 Å². The molecule has 0 bridgehead atoms. The second-order valence-electron chi connectivity index (χ2n) is 3.94. The van der Waals surface area contributed by atoms with Gasteiger partial charge in [-0.25, -0.2) is 8.42 Å². The van der Waals surface area contributed by atoms with Crippen molar-refractivity contribution >= 4 is 15.5 Å². The van der Waals surface area contributed by atoms with Crippen molar-refractivity contribution in [3.05, 3.63) is 24.3 Å². The number of hydrogen-bond acceptors (Lipinski definition) is 5. The normalized spacial score (nSPS) is 11.4. The highest BCUT2D eigenvalue weighted by Gasteiger charge is 2.11. The van der Waals surface area contributed by atoms with E-state index in [1.54, 1.807) is 25.3 Å². The van der Waals surface area contributed by atoms with E-state index in [1.165, 1.54) is 6.26 Å². The van der Waals surface area contributed by atoms with E-state index in [-0.39, 0.29) is 0 Å². The number of para-hydroxylation sites is 1. The Morgan fingerprint density at radius 2 is 1.89 bits per heavy atom. The Morgan fingerprint density at radius 1 is 1.17 bits per heavy atom. The molecule has 0 aliphatic carbocycles. The summed E-state index contributed by atoms with van der Waals surface area (Å²) in [5.74, 6) is 0. The van der Waals surface area contributed by atoms with Crippen LogP contribution in [-0.4, -0.2) is 48.0 Å². The van der Waals surface area contributed by atoms with E-state index in [4.69, 9.17) is 4.74 Å². The fourth-order valence-corrected chi connectivity index (χ4v) is 2.39. The zero-order chi connectivity index (χ0) is 13.4. The predicted octanol–water partition coefficient (Wildman–Crippen LogP) is 0.738. The van der Waals surface area contributed by atoms with Gasteiger partial charge in [0.2, 0.25) is 0 Å². The highest BCUT2D eigenvalue weighted by Crippen LogP contribution is 2.19. The average molecular weight is 272 g/mol. The molecule has 1 aromatic carbocycles. The third-order valence-corrected chi connectivity index (χ3v) is 3.54. The Kier molecular flexibility index (Phi) is 6.11. The van der Waals surface area contributed by atoms with Crippen LogP contribution in [0.15, 0.2) is 29.2 Å². The molecule has 6 heteroatoms. The minimum Gasteiger partial charge on any atom is -0.383 e. The summed E-state index contributed by atoms with van der Waals surface area (Å²) in [4.78, 5) is 0.335. The highest BCUT2D eigenvalue weighted by molar-refractivity contribution is 7.90. The fourth-order valence-electron chi connectivity index (χ4n) is 1.52. The summed E-state index contributed by atoms with van der Waals surface area (Å²) in [5, 5.41) is 6.29. The molecule has 0 saturated carbocycles. The molecule has 102 valence electrons. The lowest BCUT2D eigenvalue weighted by molar-refractivity contribution is 0.200. The minimum absolute atomic E-state index is 0.335. The standard InChI is InChI=1S/C12H20N2O3S/c1-17-10-9-13-7-8-14-11-5-3-4-6-12(11)18(2,15)16/h3-6,13-14H,7-10H2,1-2H3. The van der Waals surface area contributed by atoms with Crippen LogP contribution in [0.5, 0.6) is 0 Å². The first-order valence-corrected chi connectivity index (χ1v) is 7.67. The Labute approximate surface area is 108 Å². The molecule has 0 aliphatic heterocycles. The molecule has 0 amide bonds. The van der Waals surface area contributed by atoms with Gasteiger partial charge in [-0.1, -0.05) is 12.1 Å². The molecule has 0 aliphatic rings. The van der Waals surface area contributed by atoms with Crippen molar-refractivity contribution in [2.75, 3.05) is 44.9 Å². The van der Waals surface area contributed by atoms with Crippen LogP contribution in [0.4, 0.5) is 5.69 Å². The topological polar surface area (TPSA) is 67.4 Å². The summed E-state index contributed by atoms with van der Waals surface area (Å²) < 4.78 is 28.0. The molecule has 18 heavy (non-hydrogen) atoms. The molecule has 5 nitrogen and oxygen atoms in total. The second-order valence-corrected chi connectivity index (χ2v) is 5.92. The largest absolute Gasteiger partial charge is 0.383 e. The van der Waals surface area contributed by atoms with Gasteiger partial charge in [-0.2, -0.15) is 0 Å². The second kappa shape index (κ2) is 7.35. The monoisotopic (exact) mass is 272 g/mol. The molecule has 0 spiro atoms. The third-order valence-electron chi connectivity index (χ3n) is 2.39. The van der Waals surface area contributed by atoms with Gasteiger partial charge in [0.15, 0.2) is 9.84 Å². The summed E-state index contributed by atoms with van der Waals surface area (Å²) in [6.07, 6.45) is 1.21. The maximum absolute atomic E-state index is 11.6. The van der Waals surface area contributed by atoms with Gasteiger partial charge >= 0.3 is 0 Å². The van der Waals surface area contributed by atoms with Gasteiger partial charge in [-0.3, -0.25) is 0 Å². The first-order chi connectivity index (χ1) is 8.55. The molecule has 0 saturated heterocycles. The quantitative estimate of drug-likeness (QED) is 0.683. The number of ether oxygens (including phenoxy) is 1. The molecule has 0 heterocycles. The van der Waals surface area contributed by atoms with Crippen molar-refractivity contribution in [3.63, 3.8) is 0 Å². The number of rotatable bonds is 8. The molecule has 0 fully saturated rings. The number of benzene rings is 1. The lowest BCUT2D eigenvalue weighted by atomic mass is 10.3. The SMILES string of the molecule is COCCNCCNc1ccccc1S(C)(=O)=O. The van der Waals surface area contributed by atoms with Gasteiger partial charge in [0, 0.05) is 33.0 Å². The van der Waals surface area contributed by atoms with Crippen LogP contribution < -0.4 is 10.6 Å². The Bertz CT molecular complexity index is 460. The fraction of sp³-hybridized carbons (Fsp3) is 0.500. The van der Waals surface area contributed by atoms with Gasteiger partial charge in [0.1, 0.15) is 0 Å². The maximum atomic E-state index is 11.6. The first-order valence-electron chi connectivity index (χ1n) is 5.78. The van der Waals surface area contributed by atoms with Crippen LogP contribution in [0.1, 0.15) is 0 Å². The van der Waals surface area contributed by atoms with E-state index in [1.807, 2.05) is 6.07 Å². The summed E-state index contributed by atoms with van der Waals surface area (Å²) >= 11 is 0. The van der Waals surface area contributed by atoms with Crippen LogP contribution in [-0.2, 0) is 14.6 Å². The van der Waals surface area contributed by atoms with Gasteiger partial charge in [-0.15, -0.1) is 0 Å². The zero-order valence-corrected chi connectivity index (χ0v) is 11.6. The molecular formula is C12H20N2O3S. The van der Waals surface area contributed by atoms with Crippen molar-refractivity contribution in [3.8, 4) is 0 Å². The Hall–Kier alpha value is -1.11. The van der Waals surface area contributed by atoms with Crippen LogP contribution >= 0.6 is 0 Å². The molecule has 0 unspecified atom stereocenters. The number of nitrogens with one attached hydrogen (secondary N) is 2.